The molecular weight excluding hydrogens is 452 g/mol. The lowest BCUT2D eigenvalue weighted by Gasteiger charge is -2.40. The number of rotatable bonds is 5. The summed E-state index contributed by atoms with van der Waals surface area (Å²) in [5.41, 5.74) is 4.55. The van der Waals surface area contributed by atoms with Crippen molar-refractivity contribution in [1.29, 1.82) is 0 Å². The second-order valence-corrected chi connectivity index (χ2v) is 9.00. The third kappa shape index (κ3) is 4.18. The van der Waals surface area contributed by atoms with Gasteiger partial charge in [0, 0.05) is 60.1 Å². The molecule has 0 amide bonds. The molecule has 2 aliphatic rings. The van der Waals surface area contributed by atoms with E-state index in [4.69, 9.17) is 0 Å². The number of benzene rings is 3. The predicted molar refractivity (Wildman–Crippen MR) is 139 cm³/mol. The topological polar surface area (TPSA) is 86.8 Å². The van der Waals surface area contributed by atoms with Crippen LogP contribution in [0, 0.1) is 11.8 Å². The third-order valence-electron chi connectivity index (χ3n) is 6.83. The summed E-state index contributed by atoms with van der Waals surface area (Å²) < 4.78 is 1.97. The highest BCUT2D eigenvalue weighted by atomic mass is 16.3. The molecule has 1 unspecified atom stereocenters. The van der Waals surface area contributed by atoms with Crippen LogP contribution in [0.2, 0.25) is 0 Å². The number of nitrogens with zero attached hydrogens (tertiary/aromatic N) is 2. The van der Waals surface area contributed by atoms with Crippen molar-refractivity contribution in [2.45, 2.75) is 0 Å². The molecule has 5 rings (SSSR count). The molecule has 0 saturated carbocycles. The smallest absolute Gasteiger partial charge is 0.205 e. The zero-order valence-corrected chi connectivity index (χ0v) is 20.0. The summed E-state index contributed by atoms with van der Waals surface area (Å²) in [6.07, 6.45) is 7.65. The molecule has 6 nitrogen and oxygen atoms in total. The van der Waals surface area contributed by atoms with E-state index in [0.717, 1.165) is 22.8 Å². The largest absolute Gasteiger partial charge is 0.874 e. The molecule has 0 saturated heterocycles. The van der Waals surface area contributed by atoms with Crippen LogP contribution in [0.15, 0.2) is 103 Å². The molecule has 36 heavy (non-hydrogen) atoms. The number of anilines is 2. The van der Waals surface area contributed by atoms with Crippen molar-refractivity contribution in [3.63, 3.8) is 0 Å². The molecule has 2 N–H and O–H groups in total. The molecule has 1 atom stereocenters. The Morgan fingerprint density at radius 2 is 1.31 bits per heavy atom. The molecule has 0 radical (unpaired) electrons. The first-order valence-corrected chi connectivity index (χ1v) is 11.7. The maximum atomic E-state index is 13.0. The van der Waals surface area contributed by atoms with E-state index in [1.807, 2.05) is 84.3 Å². The summed E-state index contributed by atoms with van der Waals surface area (Å²) in [5.74, 6) is -0.807. The minimum absolute atomic E-state index is 0.130. The Balaban J connectivity index is 1.31. The van der Waals surface area contributed by atoms with Crippen molar-refractivity contribution in [3.8, 4) is 11.5 Å². The lowest BCUT2D eigenvalue weighted by molar-refractivity contribution is -0.403. The van der Waals surface area contributed by atoms with Gasteiger partial charge in [0.2, 0.25) is 11.4 Å². The Kier molecular flexibility index (Phi) is 5.94. The van der Waals surface area contributed by atoms with Crippen molar-refractivity contribution in [1.82, 2.24) is 0 Å². The summed E-state index contributed by atoms with van der Waals surface area (Å²) in [7, 11) is 3.83. The summed E-state index contributed by atoms with van der Waals surface area (Å²) in [6.45, 7) is 0. The highest BCUT2D eigenvalue weighted by molar-refractivity contribution is 6.29. The Hall–Kier alpha value is -4.58. The normalized spacial score (nSPS) is 18.8. The molecule has 0 spiro atoms. The first-order chi connectivity index (χ1) is 17.3. The number of ketones is 1. The van der Waals surface area contributed by atoms with E-state index in [1.54, 1.807) is 36.4 Å². The number of aromatic hydroxyl groups is 2. The third-order valence-corrected chi connectivity index (χ3v) is 6.83. The number of hydrogen-bond acceptors (Lipinski definition) is 5. The molecule has 180 valence electrons. The number of allylic oxidation sites excluding steroid dienone is 6. The minimum Gasteiger partial charge on any atom is -0.874 e. The standard InChI is InChI=1S/C30H26N2O4/c1-31(23-11-15-25(33)16-12-23)21-7-3-19(4-8-21)27-29(35)28(30(27)36)20-5-9-22(10-6-20)32(2)24-13-17-26(34)18-14-24/h3-19,27H,1-2H3,(H2-,33,34,35,36). The quantitative estimate of drug-likeness (QED) is 0.534. The SMILES string of the molecule is CN(c1ccc(O)cc1)c1ccc(C2=C([O-])C(C3C=CC(=[N+](C)c4ccc(O)cc4)C=C3)C2=O)cc1. The van der Waals surface area contributed by atoms with E-state index in [-0.39, 0.29) is 34.5 Å². The second kappa shape index (κ2) is 9.23. The van der Waals surface area contributed by atoms with Gasteiger partial charge in [0.1, 0.15) is 18.5 Å². The molecule has 3 aromatic rings. The maximum absolute atomic E-state index is 13.0. The summed E-state index contributed by atoms with van der Waals surface area (Å²) >= 11 is 0. The summed E-state index contributed by atoms with van der Waals surface area (Å²) in [6, 6.07) is 21.2. The van der Waals surface area contributed by atoms with Crippen molar-refractivity contribution in [3.05, 3.63) is 108 Å². The van der Waals surface area contributed by atoms with Gasteiger partial charge >= 0.3 is 0 Å². The number of carbonyl (C=O) groups excluding carboxylic acids is 1. The highest BCUT2D eigenvalue weighted by Crippen LogP contribution is 2.41. The Morgan fingerprint density at radius 1 is 0.806 bits per heavy atom. The molecule has 0 aromatic heterocycles. The molecule has 6 heteroatoms. The number of phenols is 2. The van der Waals surface area contributed by atoms with Crippen LogP contribution in [0.4, 0.5) is 17.1 Å². The number of Topliss-reactive ketones (excluding diaryl/α,β-unsaturated/α-hetero) is 1. The minimum atomic E-state index is -0.688. The lowest BCUT2D eigenvalue weighted by atomic mass is 9.71. The van der Waals surface area contributed by atoms with Gasteiger partial charge in [0.25, 0.3) is 0 Å². The van der Waals surface area contributed by atoms with Crippen molar-refractivity contribution in [2.24, 2.45) is 11.8 Å². The van der Waals surface area contributed by atoms with Crippen LogP contribution in [-0.2, 0) is 4.79 Å². The fourth-order valence-electron chi connectivity index (χ4n) is 4.60. The monoisotopic (exact) mass is 478 g/mol. The van der Waals surface area contributed by atoms with Crippen molar-refractivity contribution >= 4 is 34.1 Å². The van der Waals surface area contributed by atoms with Gasteiger partial charge in [0.15, 0.2) is 5.78 Å². The lowest BCUT2D eigenvalue weighted by Crippen LogP contribution is -2.41. The van der Waals surface area contributed by atoms with Crippen LogP contribution < -0.4 is 10.0 Å². The number of carbonyl (C=O) groups is 1. The van der Waals surface area contributed by atoms with Gasteiger partial charge in [-0.25, -0.2) is 0 Å². The van der Waals surface area contributed by atoms with E-state index in [1.165, 1.54) is 0 Å². The first kappa shape index (κ1) is 23.2. The van der Waals surface area contributed by atoms with Crippen LogP contribution in [-0.4, -0.2) is 40.4 Å². The van der Waals surface area contributed by atoms with Crippen LogP contribution in [0.25, 0.3) is 5.57 Å². The molecule has 0 heterocycles. The summed E-state index contributed by atoms with van der Waals surface area (Å²) in [4.78, 5) is 15.0. The van der Waals surface area contributed by atoms with Gasteiger partial charge in [0.05, 0.1) is 0 Å². The van der Waals surface area contributed by atoms with E-state index in [9.17, 15) is 20.1 Å². The zero-order chi connectivity index (χ0) is 25.4. The van der Waals surface area contributed by atoms with E-state index in [0.29, 0.717) is 5.56 Å². The van der Waals surface area contributed by atoms with Crippen molar-refractivity contribution in [2.75, 3.05) is 19.0 Å². The predicted octanol–water partition coefficient (Wildman–Crippen LogP) is 4.29. The van der Waals surface area contributed by atoms with Crippen molar-refractivity contribution < 1.29 is 24.7 Å². The van der Waals surface area contributed by atoms with Gasteiger partial charge in [-0.15, -0.1) is 5.76 Å². The van der Waals surface area contributed by atoms with E-state index < -0.39 is 5.92 Å². The Labute approximate surface area is 209 Å². The van der Waals surface area contributed by atoms with Gasteiger partial charge in [-0.1, -0.05) is 24.3 Å². The van der Waals surface area contributed by atoms with Gasteiger partial charge in [-0.2, -0.15) is 4.58 Å². The molecule has 0 fully saturated rings. The van der Waals surface area contributed by atoms with E-state index >= 15 is 0 Å². The molecule has 0 bridgehead atoms. The molecule has 3 aromatic carbocycles. The average molecular weight is 479 g/mol. The van der Waals surface area contributed by atoms with Crippen LogP contribution in [0.1, 0.15) is 5.56 Å². The number of hydrogen-bond donors (Lipinski definition) is 2. The second-order valence-electron chi connectivity index (χ2n) is 9.00. The number of phenolic OH excluding ortho intramolecular Hbond substituents is 2. The zero-order valence-electron chi connectivity index (χ0n) is 20.0. The highest BCUT2D eigenvalue weighted by Gasteiger charge is 2.38. The molecular formula is C30H26N2O4. The Morgan fingerprint density at radius 3 is 1.83 bits per heavy atom. The van der Waals surface area contributed by atoms with Gasteiger partial charge in [-0.05, 0) is 54.1 Å². The van der Waals surface area contributed by atoms with Gasteiger partial charge in [-0.3, -0.25) is 4.79 Å². The fourth-order valence-corrected chi connectivity index (χ4v) is 4.60. The van der Waals surface area contributed by atoms with Crippen LogP contribution in [0.3, 0.4) is 0 Å². The van der Waals surface area contributed by atoms with Gasteiger partial charge < -0.3 is 20.2 Å². The average Bonchev–Trinajstić information content (AvgIpc) is 2.90. The van der Waals surface area contributed by atoms with Crippen LogP contribution >= 0.6 is 0 Å². The van der Waals surface area contributed by atoms with Crippen LogP contribution in [0.5, 0.6) is 11.5 Å². The molecule has 2 aliphatic carbocycles. The maximum Gasteiger partial charge on any atom is 0.205 e. The first-order valence-electron chi connectivity index (χ1n) is 11.7. The fraction of sp³-hybridized carbons (Fsp3) is 0.133. The molecule has 0 aliphatic heterocycles. The summed E-state index contributed by atoms with van der Waals surface area (Å²) in [5, 5.41) is 32.0. The Bertz CT molecular complexity index is 1410. The van der Waals surface area contributed by atoms with E-state index in [2.05, 4.69) is 0 Å².